The van der Waals surface area contributed by atoms with E-state index in [2.05, 4.69) is 178 Å². The molecule has 10 aromatic rings. The summed E-state index contributed by atoms with van der Waals surface area (Å²) in [6, 6.07) is 61.9. The minimum absolute atomic E-state index is 0.894. The predicted octanol–water partition coefficient (Wildman–Crippen LogP) is 11.8. The minimum atomic E-state index is 0.894. The third kappa shape index (κ3) is 4.63. The predicted molar refractivity (Wildman–Crippen MR) is 211 cm³/mol. The highest BCUT2D eigenvalue weighted by atomic mass is 15.1. The Kier molecular flexibility index (Phi) is 6.74. The van der Waals surface area contributed by atoms with Crippen molar-refractivity contribution < 1.29 is 0 Å². The zero-order chi connectivity index (χ0) is 33.7. The lowest BCUT2D eigenvalue weighted by atomic mass is 10.00. The molecule has 0 spiro atoms. The number of fused-ring (bicyclic) bond motifs is 6. The molecule has 0 radical (unpaired) electrons. The summed E-state index contributed by atoms with van der Waals surface area (Å²) in [7, 11) is 0. The van der Waals surface area contributed by atoms with Gasteiger partial charge in [-0.2, -0.15) is 0 Å². The van der Waals surface area contributed by atoms with E-state index >= 15 is 0 Å². The van der Waals surface area contributed by atoms with Crippen molar-refractivity contribution in [3.8, 4) is 22.8 Å². The van der Waals surface area contributed by atoms with Gasteiger partial charge in [0.2, 0.25) is 0 Å². The Morgan fingerprint density at radius 3 is 1.63 bits per heavy atom. The van der Waals surface area contributed by atoms with Crippen molar-refractivity contribution in [1.82, 2.24) is 19.1 Å². The highest BCUT2D eigenvalue weighted by molar-refractivity contribution is 6.21. The van der Waals surface area contributed by atoms with Gasteiger partial charge in [0.05, 0.1) is 27.8 Å². The van der Waals surface area contributed by atoms with E-state index in [4.69, 9.17) is 9.97 Å². The number of hydrogen-bond acceptors (Lipinski definition) is 3. The SMILES string of the molecule is c1ccc(N(c2ccccc2)c2ccc(-n3c4ccccc4c4c(-c5cccc6c5c5ccccc5n6-c5ccccn5)nccc43)cc2)cc1. The Labute approximate surface area is 294 Å². The average molecular weight is 654 g/mol. The molecule has 0 N–H and O–H groups in total. The summed E-state index contributed by atoms with van der Waals surface area (Å²) >= 11 is 0. The molecular formula is C46H31N5. The summed E-state index contributed by atoms with van der Waals surface area (Å²) in [6.07, 6.45) is 3.80. The number of anilines is 3. The average Bonchev–Trinajstić information content (AvgIpc) is 3.73. The first-order valence-corrected chi connectivity index (χ1v) is 17.2. The summed E-state index contributed by atoms with van der Waals surface area (Å²) in [6.45, 7) is 0. The summed E-state index contributed by atoms with van der Waals surface area (Å²) < 4.78 is 4.62. The summed E-state index contributed by atoms with van der Waals surface area (Å²) in [4.78, 5) is 12.2. The van der Waals surface area contributed by atoms with Crippen molar-refractivity contribution in [1.29, 1.82) is 0 Å². The van der Waals surface area contributed by atoms with Gasteiger partial charge in [0.1, 0.15) is 5.82 Å². The molecule has 0 saturated carbocycles. The number of nitrogens with zero attached hydrogens (tertiary/aromatic N) is 5. The normalized spacial score (nSPS) is 11.5. The van der Waals surface area contributed by atoms with E-state index < -0.39 is 0 Å². The van der Waals surface area contributed by atoms with Crippen LogP contribution in [0.3, 0.4) is 0 Å². The lowest BCUT2D eigenvalue weighted by molar-refractivity contribution is 1.08. The standard InChI is InChI=1S/C46H31N5/c1-3-14-32(15-4-1)49(33-16-5-2-6-17-33)34-25-27-35(28-26-34)50-39-21-9-8-19-37(39)45-42(50)29-31-48-46(45)38-20-13-23-41-44(38)36-18-7-10-22-40(36)51(41)43-24-11-12-30-47-43/h1-31H. The van der Waals surface area contributed by atoms with Crippen LogP contribution in [0, 0.1) is 0 Å². The van der Waals surface area contributed by atoms with Crippen LogP contribution in [0.15, 0.2) is 188 Å². The van der Waals surface area contributed by atoms with Crippen LogP contribution in [-0.4, -0.2) is 19.1 Å². The minimum Gasteiger partial charge on any atom is -0.311 e. The van der Waals surface area contributed by atoms with E-state index in [1.807, 2.05) is 24.5 Å². The van der Waals surface area contributed by atoms with E-state index in [1.54, 1.807) is 0 Å². The van der Waals surface area contributed by atoms with Crippen molar-refractivity contribution in [2.24, 2.45) is 0 Å². The third-order valence-corrected chi connectivity index (χ3v) is 9.81. The zero-order valence-electron chi connectivity index (χ0n) is 27.6. The van der Waals surface area contributed by atoms with Gasteiger partial charge in [0.15, 0.2) is 0 Å². The molecule has 0 aliphatic carbocycles. The van der Waals surface area contributed by atoms with Crippen LogP contribution >= 0.6 is 0 Å². The third-order valence-electron chi connectivity index (χ3n) is 9.81. The van der Waals surface area contributed by atoms with E-state index in [9.17, 15) is 0 Å². The zero-order valence-corrected chi connectivity index (χ0v) is 27.6. The molecule has 51 heavy (non-hydrogen) atoms. The second kappa shape index (κ2) is 11.9. The van der Waals surface area contributed by atoms with Gasteiger partial charge in [0.25, 0.3) is 0 Å². The highest BCUT2D eigenvalue weighted by Crippen LogP contribution is 2.43. The number of pyridine rings is 2. The van der Waals surface area contributed by atoms with Gasteiger partial charge >= 0.3 is 0 Å². The van der Waals surface area contributed by atoms with Crippen LogP contribution in [0.4, 0.5) is 17.1 Å². The van der Waals surface area contributed by atoms with Crippen LogP contribution in [0.2, 0.25) is 0 Å². The first-order chi connectivity index (χ1) is 25.3. The monoisotopic (exact) mass is 653 g/mol. The largest absolute Gasteiger partial charge is 0.311 e. The Bertz CT molecular complexity index is 2800. The second-order valence-electron chi connectivity index (χ2n) is 12.7. The van der Waals surface area contributed by atoms with Gasteiger partial charge in [-0.15, -0.1) is 0 Å². The van der Waals surface area contributed by atoms with Crippen LogP contribution in [0.1, 0.15) is 0 Å². The number of rotatable bonds is 6. The fourth-order valence-electron chi connectivity index (χ4n) is 7.70. The van der Waals surface area contributed by atoms with Crippen LogP contribution in [0.25, 0.3) is 66.4 Å². The summed E-state index contributed by atoms with van der Waals surface area (Å²) in [5, 5.41) is 4.64. The van der Waals surface area contributed by atoms with Crippen molar-refractivity contribution in [2.45, 2.75) is 0 Å². The number of hydrogen-bond donors (Lipinski definition) is 0. The van der Waals surface area contributed by atoms with Crippen molar-refractivity contribution >= 4 is 60.7 Å². The van der Waals surface area contributed by atoms with Crippen molar-refractivity contribution in [2.75, 3.05) is 4.90 Å². The first kappa shape index (κ1) is 29.0. The van der Waals surface area contributed by atoms with Gasteiger partial charge in [-0.25, -0.2) is 4.98 Å². The van der Waals surface area contributed by atoms with Gasteiger partial charge in [-0.3, -0.25) is 9.55 Å². The van der Waals surface area contributed by atoms with Gasteiger partial charge in [-0.1, -0.05) is 91.0 Å². The lowest BCUT2D eigenvalue weighted by Gasteiger charge is -2.25. The number of benzene rings is 6. The molecule has 6 aromatic carbocycles. The molecule has 5 nitrogen and oxygen atoms in total. The maximum absolute atomic E-state index is 5.13. The lowest BCUT2D eigenvalue weighted by Crippen LogP contribution is -2.09. The molecule has 0 unspecified atom stereocenters. The topological polar surface area (TPSA) is 38.9 Å². The number of para-hydroxylation sites is 4. The Morgan fingerprint density at radius 1 is 0.373 bits per heavy atom. The van der Waals surface area contributed by atoms with Crippen LogP contribution < -0.4 is 4.90 Å². The van der Waals surface area contributed by atoms with Gasteiger partial charge in [-0.05, 0) is 84.9 Å². The molecule has 0 bridgehead atoms. The molecule has 0 amide bonds. The summed E-state index contributed by atoms with van der Waals surface area (Å²) in [5.74, 6) is 0.894. The number of aromatic nitrogens is 4. The maximum Gasteiger partial charge on any atom is 0.137 e. The highest BCUT2D eigenvalue weighted by Gasteiger charge is 2.22. The Hall–Kier alpha value is -6.98. The van der Waals surface area contributed by atoms with Crippen LogP contribution in [0.5, 0.6) is 0 Å². The molecule has 240 valence electrons. The maximum atomic E-state index is 5.13. The molecule has 4 aromatic heterocycles. The van der Waals surface area contributed by atoms with Gasteiger partial charge in [0, 0.05) is 62.3 Å². The molecule has 0 aliphatic heterocycles. The van der Waals surface area contributed by atoms with Crippen molar-refractivity contribution in [3.63, 3.8) is 0 Å². The smallest absolute Gasteiger partial charge is 0.137 e. The fourth-order valence-corrected chi connectivity index (χ4v) is 7.70. The quantitative estimate of drug-likeness (QED) is 0.179. The summed E-state index contributed by atoms with van der Waals surface area (Å²) in [5.41, 5.74) is 11.0. The van der Waals surface area contributed by atoms with E-state index in [-0.39, 0.29) is 0 Å². The first-order valence-electron chi connectivity index (χ1n) is 17.2. The Balaban J connectivity index is 1.18. The molecule has 4 heterocycles. The molecule has 0 saturated heterocycles. The van der Waals surface area contributed by atoms with E-state index in [0.717, 1.165) is 67.3 Å². The molecule has 5 heteroatoms. The molecule has 0 aliphatic rings. The molecule has 10 rings (SSSR count). The van der Waals surface area contributed by atoms with E-state index in [0.29, 0.717) is 0 Å². The molecule has 0 atom stereocenters. The molecular weight excluding hydrogens is 623 g/mol. The van der Waals surface area contributed by atoms with Crippen molar-refractivity contribution in [3.05, 3.63) is 188 Å². The molecule has 0 fully saturated rings. The second-order valence-corrected chi connectivity index (χ2v) is 12.7. The fraction of sp³-hybridized carbons (Fsp3) is 0. The van der Waals surface area contributed by atoms with E-state index in [1.165, 1.54) is 16.2 Å². The van der Waals surface area contributed by atoms with Gasteiger partial charge < -0.3 is 9.47 Å². The Morgan fingerprint density at radius 2 is 0.941 bits per heavy atom. The van der Waals surface area contributed by atoms with Crippen LogP contribution in [-0.2, 0) is 0 Å².